The lowest BCUT2D eigenvalue weighted by Gasteiger charge is -2.29. The summed E-state index contributed by atoms with van der Waals surface area (Å²) in [6.45, 7) is 6.22. The Morgan fingerprint density at radius 1 is 1.35 bits per heavy atom. The molecule has 0 aliphatic carbocycles. The first kappa shape index (κ1) is 14.7. The fourth-order valence-electron chi connectivity index (χ4n) is 2.44. The zero-order valence-electron chi connectivity index (χ0n) is 12.1. The highest BCUT2D eigenvalue weighted by Crippen LogP contribution is 2.15. The Labute approximate surface area is 119 Å². The van der Waals surface area contributed by atoms with Gasteiger partial charge in [-0.05, 0) is 31.2 Å². The Bertz CT molecular complexity index is 481. The van der Waals surface area contributed by atoms with Gasteiger partial charge in [-0.1, -0.05) is 6.92 Å². The van der Waals surface area contributed by atoms with Gasteiger partial charge in [-0.3, -0.25) is 14.5 Å². The lowest BCUT2D eigenvalue weighted by molar-refractivity contribution is -0.125. The fraction of sp³-hybridized carbons (Fsp3) is 0.500. The van der Waals surface area contributed by atoms with Gasteiger partial charge in [0.05, 0.1) is 13.2 Å². The van der Waals surface area contributed by atoms with Crippen LogP contribution in [0.3, 0.4) is 0 Å². The predicted octanol–water partition coefficient (Wildman–Crippen LogP) is 2.18. The van der Waals surface area contributed by atoms with Crippen molar-refractivity contribution in [1.82, 2.24) is 4.90 Å². The van der Waals surface area contributed by atoms with E-state index in [1.165, 1.54) is 0 Å². The molecule has 0 aromatic heterocycles. The number of likely N-dealkylation sites (tertiary alicyclic amines) is 1. The number of hydrogen-bond acceptors (Lipinski definition) is 4. The molecule has 4 nitrogen and oxygen atoms in total. The van der Waals surface area contributed by atoms with Crippen LogP contribution in [-0.2, 0) is 4.79 Å². The molecule has 0 bridgehead atoms. The largest absolute Gasteiger partial charge is 0.494 e. The Kier molecular flexibility index (Phi) is 4.90. The molecule has 1 aromatic carbocycles. The van der Waals surface area contributed by atoms with Gasteiger partial charge < -0.3 is 4.74 Å². The summed E-state index contributed by atoms with van der Waals surface area (Å²) in [5.41, 5.74) is 0.693. The maximum absolute atomic E-state index is 12.2. The van der Waals surface area contributed by atoms with Gasteiger partial charge in [-0.25, -0.2) is 0 Å². The van der Waals surface area contributed by atoms with Gasteiger partial charge in [0.1, 0.15) is 11.5 Å². The van der Waals surface area contributed by atoms with Crippen molar-refractivity contribution in [3.8, 4) is 5.75 Å². The average Bonchev–Trinajstić information content (AvgIpc) is 2.44. The van der Waals surface area contributed by atoms with E-state index in [0.717, 1.165) is 5.75 Å². The van der Waals surface area contributed by atoms with Crippen molar-refractivity contribution in [2.24, 2.45) is 5.92 Å². The molecule has 0 spiro atoms. The Morgan fingerprint density at radius 3 is 2.65 bits per heavy atom. The van der Waals surface area contributed by atoms with Gasteiger partial charge in [-0.15, -0.1) is 0 Å². The Hall–Kier alpha value is -1.68. The van der Waals surface area contributed by atoms with Crippen molar-refractivity contribution in [2.45, 2.75) is 20.3 Å². The van der Waals surface area contributed by atoms with Crippen molar-refractivity contribution in [3.05, 3.63) is 29.8 Å². The van der Waals surface area contributed by atoms with E-state index in [1.54, 1.807) is 12.1 Å². The minimum Gasteiger partial charge on any atom is -0.494 e. The zero-order valence-corrected chi connectivity index (χ0v) is 12.1. The van der Waals surface area contributed by atoms with Crippen molar-refractivity contribution < 1.29 is 14.3 Å². The van der Waals surface area contributed by atoms with Crippen LogP contribution >= 0.6 is 0 Å². The summed E-state index contributed by atoms with van der Waals surface area (Å²) in [4.78, 5) is 25.7. The van der Waals surface area contributed by atoms with Crippen LogP contribution in [0, 0.1) is 5.92 Å². The molecule has 108 valence electrons. The Balaban J connectivity index is 1.92. The molecule has 0 radical (unpaired) electrons. The van der Waals surface area contributed by atoms with E-state index >= 15 is 0 Å². The summed E-state index contributed by atoms with van der Waals surface area (Å²) in [5.74, 6) is 1.21. The van der Waals surface area contributed by atoms with Crippen LogP contribution in [0.25, 0.3) is 0 Å². The second-order valence-electron chi connectivity index (χ2n) is 5.23. The molecule has 1 aliphatic heterocycles. The number of ketones is 2. The molecular formula is C16H21NO3. The van der Waals surface area contributed by atoms with E-state index in [-0.39, 0.29) is 11.7 Å². The van der Waals surface area contributed by atoms with Gasteiger partial charge >= 0.3 is 0 Å². The summed E-state index contributed by atoms with van der Waals surface area (Å²) in [6, 6.07) is 7.23. The third-order valence-electron chi connectivity index (χ3n) is 3.61. The maximum atomic E-state index is 12.2. The molecule has 0 amide bonds. The first-order chi connectivity index (χ1) is 9.60. The summed E-state index contributed by atoms with van der Waals surface area (Å²) >= 11 is 0. The van der Waals surface area contributed by atoms with E-state index in [4.69, 9.17) is 4.74 Å². The quantitative estimate of drug-likeness (QED) is 0.773. The molecule has 0 saturated carbocycles. The van der Waals surface area contributed by atoms with Gasteiger partial charge in [0.15, 0.2) is 5.78 Å². The monoisotopic (exact) mass is 275 g/mol. The summed E-state index contributed by atoms with van der Waals surface area (Å²) < 4.78 is 5.36. The smallest absolute Gasteiger partial charge is 0.176 e. The minimum atomic E-state index is 0.0388. The van der Waals surface area contributed by atoms with E-state index < -0.39 is 0 Å². The van der Waals surface area contributed by atoms with Crippen LogP contribution in [0.15, 0.2) is 24.3 Å². The second-order valence-corrected chi connectivity index (χ2v) is 5.23. The number of carbonyl (C=O) groups is 2. The lowest BCUT2D eigenvalue weighted by Crippen LogP contribution is -2.42. The van der Waals surface area contributed by atoms with Crippen LogP contribution < -0.4 is 4.74 Å². The first-order valence-electron chi connectivity index (χ1n) is 7.11. The SMILES string of the molecule is CCOc1ccc(C(=O)CN2CCC(=O)C(C)C2)cc1. The average molecular weight is 275 g/mol. The van der Waals surface area contributed by atoms with E-state index in [2.05, 4.69) is 4.90 Å². The van der Waals surface area contributed by atoms with Crippen LogP contribution in [-0.4, -0.2) is 42.7 Å². The zero-order chi connectivity index (χ0) is 14.5. The van der Waals surface area contributed by atoms with Crippen molar-refractivity contribution in [1.29, 1.82) is 0 Å². The van der Waals surface area contributed by atoms with Crippen molar-refractivity contribution in [2.75, 3.05) is 26.2 Å². The highest BCUT2D eigenvalue weighted by molar-refractivity contribution is 5.97. The normalized spacial score (nSPS) is 19.9. The first-order valence-corrected chi connectivity index (χ1v) is 7.11. The highest BCUT2D eigenvalue weighted by Gasteiger charge is 2.24. The third-order valence-corrected chi connectivity index (χ3v) is 3.61. The molecule has 1 heterocycles. The predicted molar refractivity (Wildman–Crippen MR) is 77.2 cm³/mol. The van der Waals surface area contributed by atoms with Crippen molar-refractivity contribution in [3.63, 3.8) is 0 Å². The number of hydrogen-bond donors (Lipinski definition) is 0. The van der Waals surface area contributed by atoms with Gasteiger partial charge in [0.25, 0.3) is 0 Å². The molecule has 1 fully saturated rings. The summed E-state index contributed by atoms with van der Waals surface area (Å²) in [6.07, 6.45) is 0.553. The molecule has 20 heavy (non-hydrogen) atoms. The number of piperidine rings is 1. The molecule has 1 aliphatic rings. The van der Waals surface area contributed by atoms with Gasteiger partial charge in [0, 0.05) is 31.0 Å². The molecule has 0 N–H and O–H groups in total. The summed E-state index contributed by atoms with van der Waals surface area (Å²) in [5, 5.41) is 0. The highest BCUT2D eigenvalue weighted by atomic mass is 16.5. The minimum absolute atomic E-state index is 0.0388. The maximum Gasteiger partial charge on any atom is 0.176 e. The standard InChI is InChI=1S/C16H21NO3/c1-3-20-14-6-4-13(5-7-14)16(19)11-17-9-8-15(18)12(2)10-17/h4-7,12H,3,8-11H2,1-2H3. The van der Waals surface area contributed by atoms with Gasteiger partial charge in [-0.2, -0.15) is 0 Å². The topological polar surface area (TPSA) is 46.6 Å². The van der Waals surface area contributed by atoms with E-state index in [0.29, 0.717) is 44.0 Å². The molecule has 1 unspecified atom stereocenters. The molecule has 2 rings (SSSR count). The number of ether oxygens (including phenoxy) is 1. The van der Waals surface area contributed by atoms with Crippen LogP contribution in [0.1, 0.15) is 30.6 Å². The van der Waals surface area contributed by atoms with E-state index in [9.17, 15) is 9.59 Å². The van der Waals surface area contributed by atoms with Crippen LogP contribution in [0.4, 0.5) is 0 Å². The molecule has 1 atom stereocenters. The van der Waals surface area contributed by atoms with Crippen molar-refractivity contribution >= 4 is 11.6 Å². The third kappa shape index (κ3) is 3.67. The number of rotatable bonds is 5. The lowest BCUT2D eigenvalue weighted by atomic mass is 9.98. The number of Topliss-reactive ketones (excluding diaryl/α,β-unsaturated/α-hetero) is 2. The van der Waals surface area contributed by atoms with Crippen LogP contribution in [0.2, 0.25) is 0 Å². The molecular weight excluding hydrogens is 254 g/mol. The van der Waals surface area contributed by atoms with Gasteiger partial charge in [0.2, 0.25) is 0 Å². The Morgan fingerprint density at radius 2 is 2.05 bits per heavy atom. The number of benzene rings is 1. The summed E-state index contributed by atoms with van der Waals surface area (Å²) in [7, 11) is 0. The molecule has 4 heteroatoms. The molecule has 1 saturated heterocycles. The fourth-order valence-corrected chi connectivity index (χ4v) is 2.44. The van der Waals surface area contributed by atoms with Crippen LogP contribution in [0.5, 0.6) is 5.75 Å². The number of nitrogens with zero attached hydrogens (tertiary/aromatic N) is 1. The van der Waals surface area contributed by atoms with E-state index in [1.807, 2.05) is 26.0 Å². The molecule has 1 aromatic rings. The number of carbonyl (C=O) groups excluding carboxylic acids is 2. The second kappa shape index (κ2) is 6.66.